The molecule has 0 bridgehead atoms. The molecule has 5 nitrogen and oxygen atoms in total. The summed E-state index contributed by atoms with van der Waals surface area (Å²) in [6.45, 7) is 1.62. The standard InChI is InChI=1S/C15H14Cl2N2O3S/c1-9-2-5-12(8-14(9)23(18,21)22)19-15(20)6-10-3-4-11(16)7-13(10)17/h2-5,7-8H,6H2,1H3,(H,19,20)(H2,18,21,22). The number of nitrogens with one attached hydrogen (secondary N) is 1. The summed E-state index contributed by atoms with van der Waals surface area (Å²) >= 11 is 11.8. The Balaban J connectivity index is 2.18. The largest absolute Gasteiger partial charge is 0.326 e. The summed E-state index contributed by atoms with van der Waals surface area (Å²) < 4.78 is 23.0. The summed E-state index contributed by atoms with van der Waals surface area (Å²) in [6, 6.07) is 9.36. The minimum atomic E-state index is -3.85. The van der Waals surface area contributed by atoms with E-state index in [1.165, 1.54) is 6.07 Å². The van der Waals surface area contributed by atoms with Crippen molar-refractivity contribution in [2.75, 3.05) is 5.32 Å². The van der Waals surface area contributed by atoms with Crippen LogP contribution in [0.1, 0.15) is 11.1 Å². The van der Waals surface area contributed by atoms with Gasteiger partial charge in [0.2, 0.25) is 15.9 Å². The first kappa shape index (κ1) is 17.7. The van der Waals surface area contributed by atoms with Gasteiger partial charge in [-0.05, 0) is 42.3 Å². The molecule has 0 aromatic heterocycles. The van der Waals surface area contributed by atoms with E-state index in [1.54, 1.807) is 37.3 Å². The number of nitrogens with two attached hydrogens (primary N) is 1. The van der Waals surface area contributed by atoms with E-state index in [0.29, 0.717) is 26.9 Å². The fourth-order valence-corrected chi connectivity index (χ4v) is 3.31. The summed E-state index contributed by atoms with van der Waals surface area (Å²) in [7, 11) is -3.85. The van der Waals surface area contributed by atoms with Gasteiger partial charge < -0.3 is 5.32 Å². The zero-order valence-electron chi connectivity index (χ0n) is 12.1. The van der Waals surface area contributed by atoms with Crippen molar-refractivity contribution in [1.29, 1.82) is 0 Å². The third-order valence-corrected chi connectivity index (χ3v) is 4.78. The van der Waals surface area contributed by atoms with E-state index in [0.717, 1.165) is 0 Å². The topological polar surface area (TPSA) is 89.3 Å². The molecule has 0 aliphatic carbocycles. The lowest BCUT2D eigenvalue weighted by molar-refractivity contribution is -0.115. The van der Waals surface area contributed by atoms with Gasteiger partial charge >= 0.3 is 0 Å². The maximum Gasteiger partial charge on any atom is 0.238 e. The van der Waals surface area contributed by atoms with E-state index in [4.69, 9.17) is 28.3 Å². The molecule has 2 aromatic rings. The highest BCUT2D eigenvalue weighted by Crippen LogP contribution is 2.22. The van der Waals surface area contributed by atoms with Crippen LogP contribution in [0.2, 0.25) is 10.0 Å². The predicted molar refractivity (Wildman–Crippen MR) is 91.3 cm³/mol. The number of anilines is 1. The molecule has 3 N–H and O–H groups in total. The Morgan fingerprint density at radius 3 is 2.48 bits per heavy atom. The van der Waals surface area contributed by atoms with Crippen LogP contribution in [0.25, 0.3) is 0 Å². The third-order valence-electron chi connectivity index (χ3n) is 3.14. The van der Waals surface area contributed by atoms with Gasteiger partial charge in [0.15, 0.2) is 0 Å². The van der Waals surface area contributed by atoms with Crippen molar-refractivity contribution in [3.63, 3.8) is 0 Å². The maximum absolute atomic E-state index is 12.1. The van der Waals surface area contributed by atoms with E-state index in [9.17, 15) is 13.2 Å². The van der Waals surface area contributed by atoms with Crippen LogP contribution in [0.5, 0.6) is 0 Å². The zero-order chi connectivity index (χ0) is 17.2. The number of carbonyl (C=O) groups excluding carboxylic acids is 1. The molecule has 0 atom stereocenters. The number of aryl methyl sites for hydroxylation is 1. The van der Waals surface area contributed by atoms with Gasteiger partial charge in [-0.25, -0.2) is 13.6 Å². The molecule has 0 aliphatic rings. The molecule has 2 aromatic carbocycles. The highest BCUT2D eigenvalue weighted by atomic mass is 35.5. The van der Waals surface area contributed by atoms with Gasteiger partial charge in [-0.2, -0.15) is 0 Å². The van der Waals surface area contributed by atoms with Crippen LogP contribution in [-0.4, -0.2) is 14.3 Å². The zero-order valence-corrected chi connectivity index (χ0v) is 14.5. The lowest BCUT2D eigenvalue weighted by atomic mass is 10.1. The molecule has 23 heavy (non-hydrogen) atoms. The second-order valence-electron chi connectivity index (χ2n) is 4.99. The second kappa shape index (κ2) is 6.88. The molecule has 0 saturated carbocycles. The molecule has 0 fully saturated rings. The van der Waals surface area contributed by atoms with Crippen molar-refractivity contribution in [1.82, 2.24) is 0 Å². The SMILES string of the molecule is Cc1ccc(NC(=O)Cc2ccc(Cl)cc2Cl)cc1S(N)(=O)=O. The number of primary sulfonamides is 1. The van der Waals surface area contributed by atoms with Gasteiger partial charge in [0.05, 0.1) is 11.3 Å². The first-order valence-corrected chi connectivity index (χ1v) is 8.84. The third kappa shape index (κ3) is 4.68. The quantitative estimate of drug-likeness (QED) is 0.863. The summed E-state index contributed by atoms with van der Waals surface area (Å²) in [6.07, 6.45) is 0.0363. The first-order valence-electron chi connectivity index (χ1n) is 6.54. The first-order chi connectivity index (χ1) is 10.7. The monoisotopic (exact) mass is 372 g/mol. The molecule has 122 valence electrons. The molecule has 0 unspecified atom stereocenters. The van der Waals surface area contributed by atoms with Crippen LogP contribution in [0, 0.1) is 6.92 Å². The van der Waals surface area contributed by atoms with E-state index in [-0.39, 0.29) is 17.2 Å². The smallest absolute Gasteiger partial charge is 0.238 e. The lowest BCUT2D eigenvalue weighted by Gasteiger charge is -2.10. The van der Waals surface area contributed by atoms with Crippen molar-refractivity contribution < 1.29 is 13.2 Å². The van der Waals surface area contributed by atoms with Gasteiger partial charge in [-0.3, -0.25) is 4.79 Å². The second-order valence-corrected chi connectivity index (χ2v) is 7.36. The molecule has 0 spiro atoms. The van der Waals surface area contributed by atoms with Crippen molar-refractivity contribution >= 4 is 44.8 Å². The number of rotatable bonds is 4. The van der Waals surface area contributed by atoms with Crippen LogP contribution < -0.4 is 10.5 Å². The average Bonchev–Trinajstić information content (AvgIpc) is 2.43. The van der Waals surface area contributed by atoms with Crippen molar-refractivity contribution in [3.05, 3.63) is 57.6 Å². The fraction of sp³-hybridized carbons (Fsp3) is 0.133. The minimum absolute atomic E-state index is 0.0279. The number of sulfonamides is 1. The van der Waals surface area contributed by atoms with Gasteiger partial charge in [0.25, 0.3) is 0 Å². The number of hydrogen-bond acceptors (Lipinski definition) is 3. The Hall–Kier alpha value is -1.60. The normalized spacial score (nSPS) is 11.3. The van der Waals surface area contributed by atoms with Crippen LogP contribution in [0.15, 0.2) is 41.3 Å². The Morgan fingerprint density at radius 1 is 1.17 bits per heavy atom. The van der Waals surface area contributed by atoms with Crippen molar-refractivity contribution in [2.45, 2.75) is 18.2 Å². The summed E-state index contributed by atoms with van der Waals surface area (Å²) in [4.78, 5) is 12.1. The highest BCUT2D eigenvalue weighted by molar-refractivity contribution is 7.89. The Kier molecular flexibility index (Phi) is 5.31. The molecule has 0 radical (unpaired) electrons. The van der Waals surface area contributed by atoms with Crippen molar-refractivity contribution in [2.24, 2.45) is 5.14 Å². The van der Waals surface area contributed by atoms with Crippen LogP contribution >= 0.6 is 23.2 Å². The van der Waals surface area contributed by atoms with Crippen LogP contribution in [0.4, 0.5) is 5.69 Å². The minimum Gasteiger partial charge on any atom is -0.326 e. The lowest BCUT2D eigenvalue weighted by Crippen LogP contribution is -2.17. The number of amides is 1. The van der Waals surface area contributed by atoms with Gasteiger partial charge in [-0.1, -0.05) is 35.3 Å². The summed E-state index contributed by atoms with van der Waals surface area (Å²) in [5, 5.41) is 8.64. The highest BCUT2D eigenvalue weighted by Gasteiger charge is 2.14. The molecule has 0 aliphatic heterocycles. The summed E-state index contributed by atoms with van der Waals surface area (Å²) in [5.74, 6) is -0.335. The Labute approximate surface area is 144 Å². The van der Waals surface area contributed by atoms with Gasteiger partial charge in [0.1, 0.15) is 0 Å². The molecule has 8 heteroatoms. The number of carbonyl (C=O) groups is 1. The fourth-order valence-electron chi connectivity index (χ4n) is 2.03. The molecular formula is C15H14Cl2N2O3S. The molecule has 2 rings (SSSR count). The number of benzene rings is 2. The van der Waals surface area contributed by atoms with Crippen LogP contribution in [-0.2, 0) is 21.2 Å². The molecule has 1 amide bonds. The van der Waals surface area contributed by atoms with Gasteiger partial charge in [-0.15, -0.1) is 0 Å². The molecule has 0 heterocycles. The number of halogens is 2. The predicted octanol–water partition coefficient (Wildman–Crippen LogP) is 3.13. The van der Waals surface area contributed by atoms with E-state index in [1.807, 2.05) is 0 Å². The van der Waals surface area contributed by atoms with E-state index in [2.05, 4.69) is 5.32 Å². The van der Waals surface area contributed by atoms with E-state index < -0.39 is 10.0 Å². The molecular weight excluding hydrogens is 359 g/mol. The maximum atomic E-state index is 12.1. The van der Waals surface area contributed by atoms with E-state index >= 15 is 0 Å². The number of hydrogen-bond donors (Lipinski definition) is 2. The average molecular weight is 373 g/mol. The van der Waals surface area contributed by atoms with Gasteiger partial charge in [0, 0.05) is 15.7 Å². The summed E-state index contributed by atoms with van der Waals surface area (Å²) in [5.41, 5.74) is 1.47. The van der Waals surface area contributed by atoms with Crippen LogP contribution in [0.3, 0.4) is 0 Å². The molecule has 0 saturated heterocycles. The Bertz CT molecular complexity index is 867. The van der Waals surface area contributed by atoms with Crippen molar-refractivity contribution in [3.8, 4) is 0 Å². The Morgan fingerprint density at radius 2 is 1.87 bits per heavy atom.